The molecule has 2 rings (SSSR count). The molecule has 4 heteroatoms. The van der Waals surface area contributed by atoms with Crippen LogP contribution in [-0.2, 0) is 6.42 Å². The lowest BCUT2D eigenvalue weighted by Gasteiger charge is -2.16. The first kappa shape index (κ1) is 14.8. The van der Waals surface area contributed by atoms with Crippen LogP contribution in [0.1, 0.15) is 42.4 Å². The second-order valence-electron chi connectivity index (χ2n) is 5.00. The normalized spacial score (nSPS) is 12.2. The Balaban J connectivity index is 2.18. The Labute approximate surface area is 125 Å². The number of halogens is 1. The second-order valence-corrected chi connectivity index (χ2v) is 5.35. The third-order valence-electron chi connectivity index (χ3n) is 3.51. The number of anilines is 1. The molecule has 0 fully saturated rings. The molecule has 1 atom stereocenters. The third-order valence-corrected chi connectivity index (χ3v) is 3.77. The smallest absolute Gasteiger partial charge is 0.171 e. The number of benzene rings is 1. The minimum absolute atomic E-state index is 0.134. The molecule has 0 saturated carbocycles. The van der Waals surface area contributed by atoms with Gasteiger partial charge in [-0.2, -0.15) is 0 Å². The first-order chi connectivity index (χ1) is 9.51. The highest BCUT2D eigenvalue weighted by atomic mass is 35.5. The highest BCUT2D eigenvalue weighted by Gasteiger charge is 2.11. The molecular formula is C16H20ClN3. The molecule has 0 aliphatic rings. The lowest BCUT2D eigenvalue weighted by Crippen LogP contribution is -2.10. The number of aryl methyl sites for hydroxylation is 3. The van der Waals surface area contributed by atoms with Crippen molar-refractivity contribution in [3.8, 4) is 0 Å². The Kier molecular flexibility index (Phi) is 4.61. The summed E-state index contributed by atoms with van der Waals surface area (Å²) < 4.78 is 0. The SMILES string of the molecule is CCc1ccc(C(C)Nc2nc(C)c(C)nc2Cl)cc1. The molecule has 0 saturated heterocycles. The van der Waals surface area contributed by atoms with Crippen LogP contribution in [0.3, 0.4) is 0 Å². The molecule has 0 radical (unpaired) electrons. The van der Waals surface area contributed by atoms with Gasteiger partial charge in [0.2, 0.25) is 0 Å². The number of hydrogen-bond donors (Lipinski definition) is 1. The van der Waals surface area contributed by atoms with Crippen molar-refractivity contribution >= 4 is 17.4 Å². The molecule has 2 aromatic rings. The minimum Gasteiger partial charge on any atom is -0.361 e. The summed E-state index contributed by atoms with van der Waals surface area (Å²) in [5.74, 6) is 0.641. The molecule has 0 spiro atoms. The number of rotatable bonds is 4. The zero-order valence-electron chi connectivity index (χ0n) is 12.4. The van der Waals surface area contributed by atoms with Crippen LogP contribution in [0.2, 0.25) is 5.15 Å². The number of nitrogens with zero attached hydrogens (tertiary/aromatic N) is 2. The summed E-state index contributed by atoms with van der Waals surface area (Å²) in [5, 5.41) is 3.75. The topological polar surface area (TPSA) is 37.8 Å². The Morgan fingerprint density at radius 1 is 1.10 bits per heavy atom. The van der Waals surface area contributed by atoms with Crippen molar-refractivity contribution in [2.45, 2.75) is 40.2 Å². The van der Waals surface area contributed by atoms with E-state index in [1.165, 1.54) is 11.1 Å². The summed E-state index contributed by atoms with van der Waals surface area (Å²) in [7, 11) is 0. The molecule has 1 heterocycles. The Morgan fingerprint density at radius 2 is 1.70 bits per heavy atom. The van der Waals surface area contributed by atoms with Gasteiger partial charge in [0.1, 0.15) is 0 Å². The van der Waals surface area contributed by atoms with Gasteiger partial charge in [0, 0.05) is 0 Å². The lowest BCUT2D eigenvalue weighted by atomic mass is 10.1. The van der Waals surface area contributed by atoms with E-state index in [1.54, 1.807) is 0 Å². The quantitative estimate of drug-likeness (QED) is 0.901. The highest BCUT2D eigenvalue weighted by Crippen LogP contribution is 2.24. The Bertz CT molecular complexity index is 593. The average Bonchev–Trinajstić information content (AvgIpc) is 2.44. The first-order valence-electron chi connectivity index (χ1n) is 6.87. The largest absolute Gasteiger partial charge is 0.361 e. The van der Waals surface area contributed by atoms with Crippen molar-refractivity contribution in [3.05, 3.63) is 51.9 Å². The van der Waals surface area contributed by atoms with Gasteiger partial charge in [-0.15, -0.1) is 0 Å². The van der Waals surface area contributed by atoms with Gasteiger partial charge in [-0.3, -0.25) is 0 Å². The van der Waals surface area contributed by atoms with Crippen molar-refractivity contribution in [2.75, 3.05) is 5.32 Å². The Morgan fingerprint density at radius 3 is 2.30 bits per heavy atom. The second kappa shape index (κ2) is 6.23. The van der Waals surface area contributed by atoms with Crippen molar-refractivity contribution in [2.24, 2.45) is 0 Å². The molecular weight excluding hydrogens is 270 g/mol. The van der Waals surface area contributed by atoms with Crippen molar-refractivity contribution in [3.63, 3.8) is 0 Å². The predicted octanol–water partition coefficient (Wildman–Crippen LogP) is 4.48. The van der Waals surface area contributed by atoms with E-state index in [4.69, 9.17) is 11.6 Å². The van der Waals surface area contributed by atoms with Gasteiger partial charge in [0.15, 0.2) is 11.0 Å². The van der Waals surface area contributed by atoms with Crippen LogP contribution in [0.15, 0.2) is 24.3 Å². The molecule has 1 unspecified atom stereocenters. The summed E-state index contributed by atoms with van der Waals surface area (Å²) in [6.07, 6.45) is 1.05. The van der Waals surface area contributed by atoms with Gasteiger partial charge in [-0.25, -0.2) is 9.97 Å². The van der Waals surface area contributed by atoms with E-state index < -0.39 is 0 Å². The summed E-state index contributed by atoms with van der Waals surface area (Å²) in [6, 6.07) is 8.72. The number of hydrogen-bond acceptors (Lipinski definition) is 3. The maximum Gasteiger partial charge on any atom is 0.171 e. The van der Waals surface area contributed by atoms with E-state index in [1.807, 2.05) is 13.8 Å². The minimum atomic E-state index is 0.134. The first-order valence-corrected chi connectivity index (χ1v) is 7.25. The molecule has 0 aliphatic carbocycles. The molecule has 1 aromatic heterocycles. The van der Waals surface area contributed by atoms with Crippen molar-refractivity contribution < 1.29 is 0 Å². The van der Waals surface area contributed by atoms with Crippen LogP contribution in [0, 0.1) is 13.8 Å². The van der Waals surface area contributed by atoms with E-state index in [0.29, 0.717) is 11.0 Å². The average molecular weight is 290 g/mol. The maximum absolute atomic E-state index is 6.14. The van der Waals surface area contributed by atoms with E-state index in [9.17, 15) is 0 Å². The zero-order valence-corrected chi connectivity index (χ0v) is 13.1. The van der Waals surface area contributed by atoms with Crippen LogP contribution in [0.5, 0.6) is 0 Å². The third kappa shape index (κ3) is 3.28. The fourth-order valence-corrected chi connectivity index (χ4v) is 2.22. The monoisotopic (exact) mass is 289 g/mol. The predicted molar refractivity (Wildman–Crippen MR) is 84.4 cm³/mol. The van der Waals surface area contributed by atoms with E-state index in [0.717, 1.165) is 17.8 Å². The molecule has 20 heavy (non-hydrogen) atoms. The molecule has 0 bridgehead atoms. The standard InChI is InChI=1S/C16H20ClN3/c1-5-13-6-8-14(9-7-13)12(4)20-16-15(17)18-10(2)11(3)19-16/h6-9,12H,5H2,1-4H3,(H,19,20). The van der Waals surface area contributed by atoms with Crippen LogP contribution in [-0.4, -0.2) is 9.97 Å². The van der Waals surface area contributed by atoms with Crippen molar-refractivity contribution in [1.82, 2.24) is 9.97 Å². The maximum atomic E-state index is 6.14. The summed E-state index contributed by atoms with van der Waals surface area (Å²) >= 11 is 6.14. The highest BCUT2D eigenvalue weighted by molar-refractivity contribution is 6.31. The van der Waals surface area contributed by atoms with E-state index >= 15 is 0 Å². The van der Waals surface area contributed by atoms with Crippen LogP contribution in [0.25, 0.3) is 0 Å². The van der Waals surface area contributed by atoms with Gasteiger partial charge < -0.3 is 5.32 Å². The van der Waals surface area contributed by atoms with Crippen LogP contribution < -0.4 is 5.32 Å². The van der Waals surface area contributed by atoms with Crippen LogP contribution >= 0.6 is 11.6 Å². The number of aromatic nitrogens is 2. The Hall–Kier alpha value is -1.61. The molecule has 1 aromatic carbocycles. The molecule has 0 amide bonds. The van der Waals surface area contributed by atoms with Gasteiger partial charge in [0.25, 0.3) is 0 Å². The fourth-order valence-electron chi connectivity index (χ4n) is 2.00. The molecule has 1 N–H and O–H groups in total. The van der Waals surface area contributed by atoms with Crippen LogP contribution in [0.4, 0.5) is 5.82 Å². The van der Waals surface area contributed by atoms with Gasteiger partial charge in [-0.05, 0) is 38.3 Å². The fraction of sp³-hybridized carbons (Fsp3) is 0.375. The van der Waals surface area contributed by atoms with Gasteiger partial charge >= 0.3 is 0 Å². The lowest BCUT2D eigenvalue weighted by molar-refractivity contribution is 0.864. The summed E-state index contributed by atoms with van der Waals surface area (Å²) in [6.45, 7) is 8.09. The van der Waals surface area contributed by atoms with Crippen molar-refractivity contribution in [1.29, 1.82) is 0 Å². The zero-order chi connectivity index (χ0) is 14.7. The van der Waals surface area contributed by atoms with E-state index in [2.05, 4.69) is 53.4 Å². The summed E-state index contributed by atoms with van der Waals surface area (Å²) in [4.78, 5) is 8.75. The van der Waals surface area contributed by atoms with Gasteiger partial charge in [-0.1, -0.05) is 42.8 Å². The molecule has 106 valence electrons. The number of nitrogens with one attached hydrogen (secondary N) is 1. The molecule has 3 nitrogen and oxygen atoms in total. The summed E-state index contributed by atoms with van der Waals surface area (Å²) in [5.41, 5.74) is 4.30. The molecule has 0 aliphatic heterocycles. The van der Waals surface area contributed by atoms with Gasteiger partial charge in [0.05, 0.1) is 17.4 Å². The van der Waals surface area contributed by atoms with E-state index in [-0.39, 0.29) is 6.04 Å².